The van der Waals surface area contributed by atoms with Gasteiger partial charge in [0.2, 0.25) is 0 Å². The fourth-order valence-electron chi connectivity index (χ4n) is 8.83. The Labute approximate surface area is 313 Å². The topological polar surface area (TPSA) is 12.9 Å². The molecule has 0 spiro atoms. The van der Waals surface area contributed by atoms with Gasteiger partial charge in [0, 0.05) is 11.8 Å². The average molecular weight is 684 g/mol. The highest BCUT2D eigenvalue weighted by Gasteiger charge is 2.22. The molecule has 0 N–H and O–H groups in total. The van der Waals surface area contributed by atoms with E-state index < -0.39 is 0 Å². The summed E-state index contributed by atoms with van der Waals surface area (Å²) >= 11 is 0. The van der Waals surface area contributed by atoms with E-state index in [4.69, 9.17) is 4.98 Å². The van der Waals surface area contributed by atoms with Gasteiger partial charge in [0.15, 0.2) is 0 Å². The Morgan fingerprint density at radius 3 is 0.926 bits per heavy atom. The first-order chi connectivity index (χ1) is 26.8. The lowest BCUT2D eigenvalue weighted by molar-refractivity contribution is 1.33. The number of fused-ring (bicyclic) bond motifs is 9. The van der Waals surface area contributed by atoms with Gasteiger partial charge in [0.05, 0.1) is 5.69 Å². The van der Waals surface area contributed by atoms with Gasteiger partial charge in [0.25, 0.3) is 0 Å². The summed E-state index contributed by atoms with van der Waals surface area (Å²) in [5, 5.41) is 14.9. The van der Waals surface area contributed by atoms with Crippen LogP contribution in [0.25, 0.3) is 109 Å². The lowest BCUT2D eigenvalue weighted by Crippen LogP contribution is -1.96. The summed E-state index contributed by atoms with van der Waals surface area (Å²) in [6, 6.07) is 71.2. The van der Waals surface area contributed by atoms with E-state index >= 15 is 0 Å². The first kappa shape index (κ1) is 30.5. The second-order valence-electron chi connectivity index (χ2n) is 14.2. The number of aromatic nitrogens is 1. The van der Waals surface area contributed by atoms with Gasteiger partial charge in [-0.15, -0.1) is 0 Å². The number of hydrogen-bond acceptors (Lipinski definition) is 1. The molecule has 0 aliphatic heterocycles. The van der Waals surface area contributed by atoms with Gasteiger partial charge in [-0.3, -0.25) is 4.98 Å². The van der Waals surface area contributed by atoms with Gasteiger partial charge in [-0.25, -0.2) is 0 Å². The highest BCUT2D eigenvalue weighted by Crippen LogP contribution is 2.48. The Kier molecular flexibility index (Phi) is 6.93. The zero-order valence-electron chi connectivity index (χ0n) is 29.5. The van der Waals surface area contributed by atoms with Crippen molar-refractivity contribution in [2.24, 2.45) is 0 Å². The summed E-state index contributed by atoms with van der Waals surface area (Å²) in [4.78, 5) is 5.02. The minimum Gasteiger partial charge on any atom is -0.256 e. The molecule has 0 aliphatic carbocycles. The molecular formula is C53H33N. The van der Waals surface area contributed by atoms with Gasteiger partial charge >= 0.3 is 0 Å². The van der Waals surface area contributed by atoms with Crippen LogP contribution in [0.3, 0.4) is 0 Å². The van der Waals surface area contributed by atoms with E-state index in [9.17, 15) is 0 Å². The highest BCUT2D eigenvalue weighted by atomic mass is 14.7. The van der Waals surface area contributed by atoms with E-state index in [1.54, 1.807) is 0 Å². The zero-order chi connectivity index (χ0) is 35.6. The van der Waals surface area contributed by atoms with Gasteiger partial charge in [0.1, 0.15) is 0 Å². The summed E-state index contributed by atoms with van der Waals surface area (Å²) in [6.45, 7) is 0. The maximum Gasteiger partial charge on any atom is 0.0708 e. The molecule has 11 rings (SSSR count). The van der Waals surface area contributed by atoms with Crippen molar-refractivity contribution in [3.8, 4) is 44.6 Å². The van der Waals surface area contributed by atoms with E-state index in [0.29, 0.717) is 0 Å². The number of rotatable bonds is 4. The van der Waals surface area contributed by atoms with Crippen molar-refractivity contribution in [3.05, 3.63) is 200 Å². The van der Waals surface area contributed by atoms with Crippen molar-refractivity contribution in [3.63, 3.8) is 0 Å². The predicted octanol–water partition coefficient (Wildman–Crippen LogP) is 14.7. The third-order valence-corrected chi connectivity index (χ3v) is 11.3. The maximum absolute atomic E-state index is 5.02. The van der Waals surface area contributed by atoms with Crippen molar-refractivity contribution in [1.29, 1.82) is 0 Å². The van der Waals surface area contributed by atoms with Crippen LogP contribution < -0.4 is 0 Å². The molecule has 0 atom stereocenters. The van der Waals surface area contributed by atoms with Crippen LogP contribution in [0, 0.1) is 0 Å². The lowest BCUT2D eigenvalue weighted by atomic mass is 9.81. The summed E-state index contributed by atoms with van der Waals surface area (Å²) in [6.07, 6.45) is 1.91. The van der Waals surface area contributed by atoms with E-state index in [1.165, 1.54) is 92.5 Å². The molecule has 10 aromatic carbocycles. The van der Waals surface area contributed by atoms with Crippen molar-refractivity contribution < 1.29 is 0 Å². The van der Waals surface area contributed by atoms with Gasteiger partial charge < -0.3 is 0 Å². The molecule has 250 valence electrons. The summed E-state index contributed by atoms with van der Waals surface area (Å²) in [7, 11) is 0. The maximum atomic E-state index is 5.02. The molecule has 0 bridgehead atoms. The van der Waals surface area contributed by atoms with Crippen molar-refractivity contribution in [2.45, 2.75) is 0 Å². The minimum absolute atomic E-state index is 0.950. The van der Waals surface area contributed by atoms with Crippen LogP contribution in [-0.2, 0) is 0 Å². The molecule has 0 fully saturated rings. The monoisotopic (exact) mass is 683 g/mol. The average Bonchev–Trinajstić information content (AvgIpc) is 3.25. The Morgan fingerprint density at radius 1 is 0.222 bits per heavy atom. The quantitative estimate of drug-likeness (QED) is 0.168. The minimum atomic E-state index is 0.950. The fraction of sp³-hybridized carbons (Fsp3) is 0. The molecule has 0 amide bonds. The second-order valence-corrected chi connectivity index (χ2v) is 14.2. The molecule has 1 heterocycles. The Bertz CT molecular complexity index is 3270. The van der Waals surface area contributed by atoms with Crippen LogP contribution in [0.4, 0.5) is 0 Å². The predicted molar refractivity (Wildman–Crippen MR) is 231 cm³/mol. The Morgan fingerprint density at radius 2 is 0.537 bits per heavy atom. The third-order valence-electron chi connectivity index (χ3n) is 11.3. The molecule has 1 aromatic heterocycles. The molecule has 11 aromatic rings. The number of nitrogens with zero attached hydrogens (tertiary/aromatic N) is 1. The molecule has 0 aliphatic rings. The van der Waals surface area contributed by atoms with E-state index in [0.717, 1.165) is 16.8 Å². The Hall–Kier alpha value is -7.09. The highest BCUT2D eigenvalue weighted by molar-refractivity contribution is 6.20. The standard InChI is InChI=1S/C53H33N/c1-4-18-37-34(15-1)29-46(43-24-10-7-21-40(37)43)49-32-51(48-31-36-17-3-6-20-39(36)42-23-9-12-26-45(42)48)52(53-27-13-14-28-54-53)33-50(49)47-30-35-16-2-5-19-38(35)41-22-8-11-25-44(41)47/h1-33H. The SMILES string of the molecule is c1ccc(-c2cc(-c3cc4ccccc4c4ccccc34)c(-c3cc4ccccc4c4ccccc34)cc2-c2cc3ccccc3c3ccccc23)nc1. The molecule has 0 radical (unpaired) electrons. The number of hydrogen-bond donors (Lipinski definition) is 0. The lowest BCUT2D eigenvalue weighted by Gasteiger charge is -2.22. The second kappa shape index (κ2) is 12.3. The van der Waals surface area contributed by atoms with Gasteiger partial charge in [-0.2, -0.15) is 0 Å². The van der Waals surface area contributed by atoms with E-state index in [2.05, 4.69) is 188 Å². The first-order valence-electron chi connectivity index (χ1n) is 18.6. The molecule has 0 saturated carbocycles. The van der Waals surface area contributed by atoms with Crippen molar-refractivity contribution in [1.82, 2.24) is 4.98 Å². The van der Waals surface area contributed by atoms with E-state index in [-0.39, 0.29) is 0 Å². The zero-order valence-corrected chi connectivity index (χ0v) is 29.5. The van der Waals surface area contributed by atoms with Crippen LogP contribution in [0.5, 0.6) is 0 Å². The van der Waals surface area contributed by atoms with Crippen LogP contribution in [0.1, 0.15) is 0 Å². The number of pyridine rings is 1. The van der Waals surface area contributed by atoms with E-state index in [1.807, 2.05) is 12.3 Å². The molecule has 54 heavy (non-hydrogen) atoms. The van der Waals surface area contributed by atoms with Gasteiger partial charge in [-0.1, -0.05) is 152 Å². The summed E-state index contributed by atoms with van der Waals surface area (Å²) < 4.78 is 0. The van der Waals surface area contributed by atoms with Crippen LogP contribution in [0.2, 0.25) is 0 Å². The molecule has 1 heteroatoms. The largest absolute Gasteiger partial charge is 0.256 e. The fourth-order valence-corrected chi connectivity index (χ4v) is 8.83. The normalized spacial score (nSPS) is 11.7. The summed E-state index contributed by atoms with van der Waals surface area (Å²) in [5.74, 6) is 0. The third kappa shape index (κ3) is 4.76. The van der Waals surface area contributed by atoms with Crippen LogP contribution in [0.15, 0.2) is 200 Å². The summed E-state index contributed by atoms with van der Waals surface area (Å²) in [5.41, 5.74) is 9.24. The molecule has 0 saturated heterocycles. The first-order valence-corrected chi connectivity index (χ1v) is 18.6. The molecular weight excluding hydrogens is 651 g/mol. The van der Waals surface area contributed by atoms with Crippen LogP contribution >= 0.6 is 0 Å². The smallest absolute Gasteiger partial charge is 0.0708 e. The van der Waals surface area contributed by atoms with Crippen LogP contribution in [-0.4, -0.2) is 4.98 Å². The number of benzene rings is 10. The van der Waals surface area contributed by atoms with Crippen molar-refractivity contribution in [2.75, 3.05) is 0 Å². The Balaban J connectivity index is 1.35. The molecule has 1 nitrogen and oxygen atoms in total. The molecule has 0 unspecified atom stereocenters. The van der Waals surface area contributed by atoms with Gasteiger partial charge in [-0.05, 0) is 140 Å². The van der Waals surface area contributed by atoms with Crippen molar-refractivity contribution >= 4 is 64.6 Å².